The number of aromatic nitrogens is 1. The summed E-state index contributed by atoms with van der Waals surface area (Å²) in [5, 5.41) is 13.8. The van der Waals surface area contributed by atoms with Crippen molar-refractivity contribution in [1.82, 2.24) is 4.98 Å². The van der Waals surface area contributed by atoms with Crippen molar-refractivity contribution in [3.8, 4) is 11.5 Å². The van der Waals surface area contributed by atoms with Gasteiger partial charge in [-0.15, -0.1) is 0 Å². The van der Waals surface area contributed by atoms with E-state index in [-0.39, 0.29) is 23.9 Å². The van der Waals surface area contributed by atoms with Gasteiger partial charge >= 0.3 is 0 Å². The fourth-order valence-electron chi connectivity index (χ4n) is 2.90. The number of benzene rings is 3. The Morgan fingerprint density at radius 2 is 1.79 bits per heavy atom. The molecule has 4 aromatic rings. The molecular formula is C21H15N3O4. The lowest BCUT2D eigenvalue weighted by atomic mass is 10.1. The molecule has 0 saturated carbocycles. The number of rotatable bonds is 5. The molecule has 0 bridgehead atoms. The maximum Gasteiger partial charge on any atom is 0.273 e. The third-order valence-electron chi connectivity index (χ3n) is 4.22. The van der Waals surface area contributed by atoms with E-state index in [1.54, 1.807) is 24.3 Å². The molecule has 7 nitrogen and oxygen atoms in total. The van der Waals surface area contributed by atoms with E-state index in [1.165, 1.54) is 18.2 Å². The molecule has 0 atom stereocenters. The first-order valence-electron chi connectivity index (χ1n) is 8.58. The Bertz CT molecular complexity index is 1170. The van der Waals surface area contributed by atoms with E-state index in [2.05, 4.69) is 10.3 Å². The summed E-state index contributed by atoms with van der Waals surface area (Å²) in [5.41, 5.74) is 2.82. The average molecular weight is 373 g/mol. The molecule has 3 aromatic carbocycles. The second-order valence-electron chi connectivity index (χ2n) is 6.18. The summed E-state index contributed by atoms with van der Waals surface area (Å²) in [6.45, 7) is 0. The fraction of sp³-hybridized carbons (Fsp3) is 0.0476. The zero-order chi connectivity index (χ0) is 19.5. The van der Waals surface area contributed by atoms with Crippen LogP contribution in [0.1, 0.15) is 5.56 Å². The summed E-state index contributed by atoms with van der Waals surface area (Å²) >= 11 is 0. The number of carbonyl (C=O) groups is 1. The lowest BCUT2D eigenvalue weighted by Gasteiger charge is -2.09. The van der Waals surface area contributed by atoms with Crippen LogP contribution in [0.5, 0.6) is 0 Å². The molecule has 1 N–H and O–H groups in total. The minimum absolute atomic E-state index is 0.0698. The Kier molecular flexibility index (Phi) is 4.55. The number of nitro benzene ring substituents is 1. The van der Waals surface area contributed by atoms with Crippen molar-refractivity contribution in [2.45, 2.75) is 6.42 Å². The van der Waals surface area contributed by atoms with Gasteiger partial charge in [-0.25, -0.2) is 4.98 Å². The minimum Gasteiger partial charge on any atom is -0.436 e. The fourth-order valence-corrected chi connectivity index (χ4v) is 2.90. The van der Waals surface area contributed by atoms with Crippen LogP contribution < -0.4 is 5.32 Å². The second kappa shape index (κ2) is 7.32. The van der Waals surface area contributed by atoms with Crippen LogP contribution in [-0.4, -0.2) is 15.8 Å². The van der Waals surface area contributed by atoms with Crippen LogP contribution in [-0.2, 0) is 11.2 Å². The third-order valence-corrected chi connectivity index (χ3v) is 4.22. The SMILES string of the molecule is O=C(Cc1ccccc1)Nc1ccccc1-c1nc2ccc([N+](=O)[O-])cc2o1. The Morgan fingerprint density at radius 1 is 1.04 bits per heavy atom. The molecule has 7 heteroatoms. The van der Waals surface area contributed by atoms with Crippen LogP contribution in [0.3, 0.4) is 0 Å². The number of fused-ring (bicyclic) bond motifs is 1. The van der Waals surface area contributed by atoms with E-state index < -0.39 is 4.92 Å². The Hall–Kier alpha value is -4.00. The first-order valence-corrected chi connectivity index (χ1v) is 8.58. The van der Waals surface area contributed by atoms with Gasteiger partial charge in [0, 0.05) is 6.07 Å². The highest BCUT2D eigenvalue weighted by Gasteiger charge is 2.16. The summed E-state index contributed by atoms with van der Waals surface area (Å²) in [7, 11) is 0. The summed E-state index contributed by atoms with van der Waals surface area (Å²) in [6.07, 6.45) is 0.245. The molecular weight excluding hydrogens is 358 g/mol. The number of hydrogen-bond acceptors (Lipinski definition) is 5. The van der Waals surface area contributed by atoms with E-state index in [9.17, 15) is 14.9 Å². The molecule has 0 radical (unpaired) electrons. The van der Waals surface area contributed by atoms with Crippen molar-refractivity contribution in [2.24, 2.45) is 0 Å². The van der Waals surface area contributed by atoms with Crippen LogP contribution in [0.2, 0.25) is 0 Å². The lowest BCUT2D eigenvalue weighted by Crippen LogP contribution is -2.14. The number of non-ortho nitro benzene ring substituents is 1. The number of carbonyl (C=O) groups excluding carboxylic acids is 1. The van der Waals surface area contributed by atoms with Gasteiger partial charge in [-0.2, -0.15) is 0 Å². The predicted molar refractivity (Wildman–Crippen MR) is 105 cm³/mol. The van der Waals surface area contributed by atoms with Gasteiger partial charge in [0.2, 0.25) is 11.8 Å². The number of oxazole rings is 1. The van der Waals surface area contributed by atoms with E-state index in [1.807, 2.05) is 30.3 Å². The van der Waals surface area contributed by atoms with E-state index in [0.29, 0.717) is 22.4 Å². The van der Waals surface area contributed by atoms with Gasteiger partial charge in [-0.3, -0.25) is 14.9 Å². The van der Waals surface area contributed by atoms with Gasteiger partial charge in [0.05, 0.1) is 28.7 Å². The predicted octanol–water partition coefficient (Wildman–Crippen LogP) is 4.58. The first-order chi connectivity index (χ1) is 13.6. The number of anilines is 1. The first kappa shape index (κ1) is 17.4. The van der Waals surface area contributed by atoms with Crippen molar-refractivity contribution in [2.75, 3.05) is 5.32 Å². The second-order valence-corrected chi connectivity index (χ2v) is 6.18. The average Bonchev–Trinajstić information content (AvgIpc) is 3.12. The number of hydrogen-bond donors (Lipinski definition) is 1. The van der Waals surface area contributed by atoms with E-state index in [4.69, 9.17) is 4.42 Å². The van der Waals surface area contributed by atoms with Gasteiger partial charge in [-0.05, 0) is 23.8 Å². The van der Waals surface area contributed by atoms with Gasteiger partial charge in [0.25, 0.3) is 5.69 Å². The minimum atomic E-state index is -0.487. The molecule has 1 amide bonds. The molecule has 0 fully saturated rings. The van der Waals surface area contributed by atoms with Crippen molar-refractivity contribution in [3.05, 3.63) is 88.5 Å². The van der Waals surface area contributed by atoms with Gasteiger partial charge in [0.1, 0.15) is 5.52 Å². The zero-order valence-corrected chi connectivity index (χ0v) is 14.7. The highest BCUT2D eigenvalue weighted by atomic mass is 16.6. The van der Waals surface area contributed by atoms with Crippen LogP contribution in [0.15, 0.2) is 77.2 Å². The highest BCUT2D eigenvalue weighted by Crippen LogP contribution is 2.31. The molecule has 0 aliphatic heterocycles. The van der Waals surface area contributed by atoms with Crippen LogP contribution in [0, 0.1) is 10.1 Å². The third kappa shape index (κ3) is 3.59. The molecule has 28 heavy (non-hydrogen) atoms. The molecule has 0 aliphatic rings. The van der Waals surface area contributed by atoms with Gasteiger partial charge in [0.15, 0.2) is 5.58 Å². The molecule has 0 spiro atoms. The topological polar surface area (TPSA) is 98.3 Å². The monoisotopic (exact) mass is 373 g/mol. The van der Waals surface area contributed by atoms with Gasteiger partial charge in [-0.1, -0.05) is 42.5 Å². The summed E-state index contributed by atoms with van der Waals surface area (Å²) < 4.78 is 5.72. The number of para-hydroxylation sites is 1. The Balaban J connectivity index is 1.63. The lowest BCUT2D eigenvalue weighted by molar-refractivity contribution is -0.384. The normalized spacial score (nSPS) is 10.7. The van der Waals surface area contributed by atoms with Crippen molar-refractivity contribution >= 4 is 28.4 Å². The summed E-state index contributed by atoms with van der Waals surface area (Å²) in [5.74, 6) is 0.122. The summed E-state index contributed by atoms with van der Waals surface area (Å²) in [6, 6.07) is 20.8. The molecule has 138 valence electrons. The molecule has 0 aliphatic carbocycles. The number of nitrogens with one attached hydrogen (secondary N) is 1. The molecule has 1 heterocycles. The van der Waals surface area contributed by atoms with Crippen LogP contribution in [0.4, 0.5) is 11.4 Å². The van der Waals surface area contributed by atoms with Crippen molar-refractivity contribution in [3.63, 3.8) is 0 Å². The van der Waals surface area contributed by atoms with E-state index >= 15 is 0 Å². The number of nitrogens with zero attached hydrogens (tertiary/aromatic N) is 2. The van der Waals surface area contributed by atoms with Crippen LogP contribution >= 0.6 is 0 Å². The molecule has 0 saturated heterocycles. The maximum absolute atomic E-state index is 12.4. The van der Waals surface area contributed by atoms with Crippen molar-refractivity contribution < 1.29 is 14.1 Å². The largest absolute Gasteiger partial charge is 0.436 e. The standard InChI is InChI=1S/C21H15N3O4/c25-20(12-14-6-2-1-3-7-14)22-17-9-5-4-8-16(17)21-23-18-11-10-15(24(26)27)13-19(18)28-21/h1-11,13H,12H2,(H,22,25). The summed E-state index contributed by atoms with van der Waals surface area (Å²) in [4.78, 5) is 27.3. The van der Waals surface area contributed by atoms with E-state index in [0.717, 1.165) is 5.56 Å². The Morgan fingerprint density at radius 3 is 2.57 bits per heavy atom. The number of nitro groups is 1. The molecule has 4 rings (SSSR count). The van der Waals surface area contributed by atoms with Crippen LogP contribution in [0.25, 0.3) is 22.6 Å². The quantitative estimate of drug-likeness (QED) is 0.408. The smallest absolute Gasteiger partial charge is 0.273 e. The maximum atomic E-state index is 12.4. The zero-order valence-electron chi connectivity index (χ0n) is 14.7. The van der Waals surface area contributed by atoms with Crippen molar-refractivity contribution in [1.29, 1.82) is 0 Å². The number of amides is 1. The Labute approximate surface area is 159 Å². The van der Waals surface area contributed by atoms with Gasteiger partial charge < -0.3 is 9.73 Å². The molecule has 0 unspecified atom stereocenters. The highest BCUT2D eigenvalue weighted by molar-refractivity contribution is 5.96. The molecule has 1 aromatic heterocycles.